The number of carbonyl (C=O) groups is 3. The highest BCUT2D eigenvalue weighted by Crippen LogP contribution is 2.23. The molecule has 29 heavy (non-hydrogen) atoms. The van der Waals surface area contributed by atoms with Gasteiger partial charge < -0.3 is 37.1 Å². The number of amides is 2. The lowest BCUT2D eigenvalue weighted by Crippen LogP contribution is -2.48. The molecular weight excluding hydrogens is 382 g/mol. The molecule has 1 aromatic rings. The first-order chi connectivity index (χ1) is 13.7. The van der Waals surface area contributed by atoms with Gasteiger partial charge in [0.25, 0.3) is 5.91 Å². The van der Waals surface area contributed by atoms with Crippen LogP contribution in [-0.4, -0.2) is 59.7 Å². The molecule has 0 spiro atoms. The van der Waals surface area contributed by atoms with Crippen LogP contribution < -0.4 is 26.8 Å². The van der Waals surface area contributed by atoms with Crippen LogP contribution >= 0.6 is 0 Å². The number of rotatable bonds is 12. The van der Waals surface area contributed by atoms with E-state index in [4.69, 9.17) is 16.2 Å². The quantitative estimate of drug-likeness (QED) is 0.152. The molecule has 1 aromatic carbocycles. The number of nitrogens with two attached hydrogens (primary N) is 2. The summed E-state index contributed by atoms with van der Waals surface area (Å²) in [5.74, 6) is -2.48. The second-order valence-corrected chi connectivity index (χ2v) is 6.11. The molecule has 160 valence electrons. The fourth-order valence-electron chi connectivity index (χ4n) is 2.23. The third kappa shape index (κ3) is 8.82. The van der Waals surface area contributed by atoms with Gasteiger partial charge in [-0.3, -0.25) is 14.6 Å². The van der Waals surface area contributed by atoms with Gasteiger partial charge in [-0.2, -0.15) is 0 Å². The van der Waals surface area contributed by atoms with E-state index in [0.29, 0.717) is 12.2 Å². The minimum absolute atomic E-state index is 0.0651. The molecule has 11 heteroatoms. The number of carboxylic acids is 1. The Bertz CT molecular complexity index is 748. The fourth-order valence-corrected chi connectivity index (χ4v) is 2.23. The van der Waals surface area contributed by atoms with E-state index in [0.717, 1.165) is 6.42 Å². The average molecular weight is 409 g/mol. The summed E-state index contributed by atoms with van der Waals surface area (Å²) in [6, 6.07) is 2.76. The Balaban J connectivity index is 2.62. The molecule has 2 amide bonds. The van der Waals surface area contributed by atoms with Crippen molar-refractivity contribution < 1.29 is 29.3 Å². The number of nitrogens with zero attached hydrogens (tertiary/aromatic N) is 1. The van der Waals surface area contributed by atoms with Gasteiger partial charge in [0.1, 0.15) is 24.1 Å². The van der Waals surface area contributed by atoms with Crippen LogP contribution in [0.1, 0.15) is 36.5 Å². The van der Waals surface area contributed by atoms with Gasteiger partial charge in [-0.1, -0.05) is 13.3 Å². The highest BCUT2D eigenvalue weighted by molar-refractivity contribution is 5.97. The first kappa shape index (κ1) is 23.5. The molecule has 0 saturated carbocycles. The van der Waals surface area contributed by atoms with Crippen molar-refractivity contribution in [1.29, 1.82) is 0 Å². The SMILES string of the molecule is CCCCC(=O)N[C@@H](CNC(=O)c1ccc(OCCN=C(N)N)cc1O)C(=O)O. The van der Waals surface area contributed by atoms with Crippen LogP contribution in [0.5, 0.6) is 11.5 Å². The molecule has 1 atom stereocenters. The summed E-state index contributed by atoms with van der Waals surface area (Å²) in [5, 5.41) is 24.0. The first-order valence-electron chi connectivity index (χ1n) is 9.06. The molecule has 1 rings (SSSR count). The highest BCUT2D eigenvalue weighted by Gasteiger charge is 2.21. The van der Waals surface area contributed by atoms with E-state index in [1.807, 2.05) is 6.92 Å². The number of nitrogens with one attached hydrogen (secondary N) is 2. The number of benzene rings is 1. The van der Waals surface area contributed by atoms with Crippen LogP contribution in [0.25, 0.3) is 0 Å². The normalized spacial score (nSPS) is 11.2. The van der Waals surface area contributed by atoms with Crippen molar-refractivity contribution >= 4 is 23.7 Å². The van der Waals surface area contributed by atoms with Gasteiger partial charge in [-0.25, -0.2) is 4.79 Å². The summed E-state index contributed by atoms with van der Waals surface area (Å²) in [6.07, 6.45) is 1.65. The van der Waals surface area contributed by atoms with Gasteiger partial charge in [0.05, 0.1) is 12.1 Å². The number of aliphatic imine (C=N–C) groups is 1. The number of unbranched alkanes of at least 4 members (excludes halogenated alkanes) is 1. The Labute approximate surface area is 168 Å². The number of ether oxygens (including phenoxy) is 1. The summed E-state index contributed by atoms with van der Waals surface area (Å²) >= 11 is 0. The predicted octanol–water partition coefficient (Wildman–Crippen LogP) is -0.466. The fraction of sp³-hybridized carbons (Fsp3) is 0.444. The Morgan fingerprint density at radius 3 is 2.59 bits per heavy atom. The molecule has 0 radical (unpaired) electrons. The van der Waals surface area contributed by atoms with Gasteiger partial charge in [-0.15, -0.1) is 0 Å². The van der Waals surface area contributed by atoms with Crippen LogP contribution in [0.2, 0.25) is 0 Å². The number of guanidine groups is 1. The Kier molecular flexibility index (Phi) is 9.79. The van der Waals surface area contributed by atoms with E-state index in [9.17, 15) is 24.6 Å². The predicted molar refractivity (Wildman–Crippen MR) is 106 cm³/mol. The minimum Gasteiger partial charge on any atom is -0.507 e. The third-order valence-corrected chi connectivity index (χ3v) is 3.73. The van der Waals surface area contributed by atoms with E-state index in [-0.39, 0.29) is 43.4 Å². The van der Waals surface area contributed by atoms with Crippen LogP contribution in [0.4, 0.5) is 0 Å². The molecular formula is C18H27N5O6. The molecule has 0 unspecified atom stereocenters. The lowest BCUT2D eigenvalue weighted by Gasteiger charge is -2.16. The first-order valence-corrected chi connectivity index (χ1v) is 9.06. The van der Waals surface area contributed by atoms with Crippen molar-refractivity contribution in [2.24, 2.45) is 16.5 Å². The average Bonchev–Trinajstić information content (AvgIpc) is 2.66. The monoisotopic (exact) mass is 409 g/mol. The maximum absolute atomic E-state index is 12.2. The van der Waals surface area contributed by atoms with Crippen molar-refractivity contribution in [3.05, 3.63) is 23.8 Å². The topological polar surface area (TPSA) is 189 Å². The molecule has 0 saturated heterocycles. The number of hydrogen-bond acceptors (Lipinski definition) is 6. The lowest BCUT2D eigenvalue weighted by molar-refractivity contribution is -0.141. The Hall–Kier alpha value is -3.50. The number of aliphatic carboxylic acids is 1. The van der Waals surface area contributed by atoms with Crippen molar-refractivity contribution in [2.75, 3.05) is 19.7 Å². The minimum atomic E-state index is -1.27. The largest absolute Gasteiger partial charge is 0.507 e. The zero-order valence-corrected chi connectivity index (χ0v) is 16.2. The van der Waals surface area contributed by atoms with Gasteiger partial charge in [0, 0.05) is 19.0 Å². The van der Waals surface area contributed by atoms with Crippen molar-refractivity contribution in [3.8, 4) is 11.5 Å². The number of carboxylic acid groups (broad SMARTS) is 1. The Morgan fingerprint density at radius 1 is 1.28 bits per heavy atom. The van der Waals surface area contributed by atoms with E-state index in [1.165, 1.54) is 18.2 Å². The highest BCUT2D eigenvalue weighted by atomic mass is 16.5. The standard InChI is InChI=1S/C18H27N5O6/c1-2-3-4-15(25)23-13(17(27)28)10-22-16(26)12-6-5-11(9-14(12)24)29-8-7-21-18(19)20/h5-6,9,13,24H,2-4,7-8,10H2,1H3,(H,22,26)(H,23,25)(H,27,28)(H4,19,20,21)/t13-/m0/s1. The zero-order valence-electron chi connectivity index (χ0n) is 16.2. The number of carbonyl (C=O) groups excluding carboxylic acids is 2. The van der Waals surface area contributed by atoms with E-state index < -0.39 is 23.8 Å². The van der Waals surface area contributed by atoms with Gasteiger partial charge in [-0.05, 0) is 18.6 Å². The second-order valence-electron chi connectivity index (χ2n) is 6.11. The van der Waals surface area contributed by atoms with Crippen LogP contribution in [0.15, 0.2) is 23.2 Å². The Morgan fingerprint density at radius 2 is 2.00 bits per heavy atom. The number of phenols is 1. The molecule has 0 heterocycles. The molecule has 8 N–H and O–H groups in total. The summed E-state index contributed by atoms with van der Waals surface area (Å²) in [6.45, 7) is 1.98. The third-order valence-electron chi connectivity index (χ3n) is 3.73. The summed E-state index contributed by atoms with van der Waals surface area (Å²) in [5.41, 5.74) is 10.3. The van der Waals surface area contributed by atoms with E-state index in [2.05, 4.69) is 15.6 Å². The van der Waals surface area contributed by atoms with Crippen molar-refractivity contribution in [1.82, 2.24) is 10.6 Å². The van der Waals surface area contributed by atoms with E-state index >= 15 is 0 Å². The summed E-state index contributed by atoms with van der Waals surface area (Å²) < 4.78 is 5.34. The number of aromatic hydroxyl groups is 1. The molecule has 0 aliphatic rings. The molecule has 0 fully saturated rings. The molecule has 0 aromatic heterocycles. The van der Waals surface area contributed by atoms with Gasteiger partial charge in [0.15, 0.2) is 5.96 Å². The maximum Gasteiger partial charge on any atom is 0.328 e. The molecule has 0 aliphatic carbocycles. The van der Waals surface area contributed by atoms with Gasteiger partial charge >= 0.3 is 5.97 Å². The number of hydrogen-bond donors (Lipinski definition) is 6. The van der Waals surface area contributed by atoms with Crippen molar-refractivity contribution in [3.63, 3.8) is 0 Å². The zero-order chi connectivity index (χ0) is 21.8. The second kappa shape index (κ2) is 12.1. The van der Waals surface area contributed by atoms with Crippen LogP contribution in [0.3, 0.4) is 0 Å². The smallest absolute Gasteiger partial charge is 0.328 e. The maximum atomic E-state index is 12.2. The van der Waals surface area contributed by atoms with E-state index in [1.54, 1.807) is 0 Å². The summed E-state index contributed by atoms with van der Waals surface area (Å²) in [7, 11) is 0. The molecule has 0 aliphatic heterocycles. The van der Waals surface area contributed by atoms with Crippen LogP contribution in [0, 0.1) is 0 Å². The number of phenolic OH excluding ortho intramolecular Hbond substituents is 1. The summed E-state index contributed by atoms with van der Waals surface area (Å²) in [4.78, 5) is 39.0. The van der Waals surface area contributed by atoms with Crippen LogP contribution in [-0.2, 0) is 9.59 Å². The molecule has 0 bridgehead atoms. The molecule has 11 nitrogen and oxygen atoms in total. The lowest BCUT2D eigenvalue weighted by atomic mass is 10.1. The van der Waals surface area contributed by atoms with Gasteiger partial charge in [0.2, 0.25) is 5.91 Å². The van der Waals surface area contributed by atoms with Crippen molar-refractivity contribution in [2.45, 2.75) is 32.2 Å².